The molecule has 2 rings (SSSR count). The van der Waals surface area contributed by atoms with Crippen molar-refractivity contribution >= 4 is 24.2 Å². The number of nitrogen functional groups attached to an aromatic ring is 1. The highest BCUT2D eigenvalue weighted by molar-refractivity contribution is 5.94. The van der Waals surface area contributed by atoms with Crippen molar-refractivity contribution in [1.82, 2.24) is 9.78 Å². The van der Waals surface area contributed by atoms with Crippen LogP contribution in [0.2, 0.25) is 0 Å². The minimum Gasteiger partial charge on any atom is -0.462 e. The number of nitrogens with two attached hydrogens (primary N) is 1. The van der Waals surface area contributed by atoms with Crippen LogP contribution in [-0.2, 0) is 4.74 Å². The number of carbonyl (C=O) groups excluding carboxylic acids is 1. The summed E-state index contributed by atoms with van der Waals surface area (Å²) < 4.78 is 6.44. The Hall–Kier alpha value is -2.01. The summed E-state index contributed by atoms with van der Waals surface area (Å²) in [7, 11) is 0. The Balaban J connectivity index is 0.00000162. The second-order valence-electron chi connectivity index (χ2n) is 3.43. The molecule has 0 radical (unpaired) electrons. The lowest BCUT2D eigenvalue weighted by molar-refractivity contribution is 0.0527. The van der Waals surface area contributed by atoms with Gasteiger partial charge in [0.1, 0.15) is 5.56 Å². The zero-order valence-electron chi connectivity index (χ0n) is 9.87. The quantitative estimate of drug-likeness (QED) is 0.864. The Morgan fingerprint density at radius 2 is 2.06 bits per heavy atom. The van der Waals surface area contributed by atoms with Gasteiger partial charge in [-0.2, -0.15) is 0 Å². The number of ether oxygens (including phenoxy) is 1. The average Bonchev–Trinajstić information content (AvgIpc) is 2.73. The largest absolute Gasteiger partial charge is 0.462 e. The first-order valence-electron chi connectivity index (χ1n) is 5.30. The third kappa shape index (κ3) is 2.81. The van der Waals surface area contributed by atoms with Gasteiger partial charge in [-0.25, -0.2) is 9.48 Å². The molecule has 0 fully saturated rings. The third-order valence-corrected chi connectivity index (χ3v) is 2.26. The van der Waals surface area contributed by atoms with E-state index in [0.29, 0.717) is 6.61 Å². The maximum absolute atomic E-state index is 11.6. The number of halogens is 1. The number of carbonyl (C=O) groups is 1. The Kier molecular flexibility index (Phi) is 4.74. The van der Waals surface area contributed by atoms with E-state index >= 15 is 0 Å². The molecule has 18 heavy (non-hydrogen) atoms. The number of para-hydroxylation sites is 1. The minimum absolute atomic E-state index is 0. The first-order chi connectivity index (χ1) is 8.22. The van der Waals surface area contributed by atoms with Crippen LogP contribution in [0, 0.1) is 0 Å². The summed E-state index contributed by atoms with van der Waals surface area (Å²) in [6.07, 6.45) is 1.57. The van der Waals surface area contributed by atoms with E-state index in [0.717, 1.165) is 5.69 Å². The van der Waals surface area contributed by atoms with Crippen molar-refractivity contribution in [3.8, 4) is 5.69 Å². The Morgan fingerprint density at radius 1 is 1.39 bits per heavy atom. The molecule has 96 valence electrons. The highest BCUT2D eigenvalue weighted by atomic mass is 35.5. The molecule has 0 spiro atoms. The fourth-order valence-electron chi connectivity index (χ4n) is 1.47. The van der Waals surface area contributed by atoms with Gasteiger partial charge in [0.15, 0.2) is 5.82 Å². The van der Waals surface area contributed by atoms with Gasteiger partial charge in [-0.15, -0.1) is 17.5 Å². The van der Waals surface area contributed by atoms with Crippen LogP contribution < -0.4 is 5.73 Å². The van der Waals surface area contributed by atoms with Gasteiger partial charge in [-0.05, 0) is 19.1 Å². The van der Waals surface area contributed by atoms with Crippen molar-refractivity contribution in [1.29, 1.82) is 0 Å². The molecule has 0 aliphatic heterocycles. The number of nitrogens with zero attached hydrogens (tertiary/aromatic N) is 2. The van der Waals surface area contributed by atoms with Crippen LogP contribution in [0.3, 0.4) is 0 Å². The standard InChI is InChI=1S/C12H13N3O2.ClH/c1-2-17-12(16)10-8-15(14-11(10)13)9-6-4-3-5-7-9;/h3-8H,2H2,1H3,(H2,13,14);1H. The molecule has 0 saturated heterocycles. The molecule has 2 aromatic rings. The molecule has 0 aliphatic carbocycles. The van der Waals surface area contributed by atoms with Crippen LogP contribution >= 0.6 is 12.4 Å². The molecule has 1 aromatic carbocycles. The van der Waals surface area contributed by atoms with E-state index in [-0.39, 0.29) is 23.8 Å². The van der Waals surface area contributed by atoms with Crippen molar-refractivity contribution in [2.45, 2.75) is 6.92 Å². The lowest BCUT2D eigenvalue weighted by atomic mass is 10.3. The van der Waals surface area contributed by atoms with Gasteiger partial charge in [0, 0.05) is 6.20 Å². The van der Waals surface area contributed by atoms with Crippen molar-refractivity contribution in [3.05, 3.63) is 42.1 Å². The van der Waals surface area contributed by atoms with Gasteiger partial charge in [-0.1, -0.05) is 18.2 Å². The normalized spacial score (nSPS) is 9.61. The third-order valence-electron chi connectivity index (χ3n) is 2.26. The molecule has 1 heterocycles. The second kappa shape index (κ2) is 6.07. The van der Waals surface area contributed by atoms with E-state index < -0.39 is 5.97 Å². The molecule has 1 aromatic heterocycles. The topological polar surface area (TPSA) is 70.1 Å². The molecule has 0 aliphatic rings. The second-order valence-corrected chi connectivity index (χ2v) is 3.43. The Labute approximate surface area is 111 Å². The molecule has 0 unspecified atom stereocenters. The predicted octanol–water partition coefficient (Wildman–Crippen LogP) is 2.05. The summed E-state index contributed by atoms with van der Waals surface area (Å²) in [4.78, 5) is 11.6. The first-order valence-corrected chi connectivity index (χ1v) is 5.30. The van der Waals surface area contributed by atoms with Gasteiger partial charge in [0.05, 0.1) is 12.3 Å². The van der Waals surface area contributed by atoms with E-state index in [4.69, 9.17) is 10.5 Å². The van der Waals surface area contributed by atoms with E-state index in [1.165, 1.54) is 0 Å². The molecule has 6 heteroatoms. The molecular formula is C12H14ClN3O2. The Morgan fingerprint density at radius 3 is 2.67 bits per heavy atom. The molecule has 0 saturated carbocycles. The van der Waals surface area contributed by atoms with E-state index in [1.54, 1.807) is 17.8 Å². The smallest absolute Gasteiger partial charge is 0.343 e. The molecule has 0 atom stereocenters. The van der Waals surface area contributed by atoms with E-state index in [9.17, 15) is 4.79 Å². The van der Waals surface area contributed by atoms with Crippen LogP contribution in [0.5, 0.6) is 0 Å². The number of hydrogen-bond donors (Lipinski definition) is 1. The summed E-state index contributed by atoms with van der Waals surface area (Å²) in [5.74, 6) is -0.278. The van der Waals surface area contributed by atoms with Gasteiger partial charge < -0.3 is 10.5 Å². The minimum atomic E-state index is -0.452. The Bertz CT molecular complexity index is 525. The first kappa shape index (κ1) is 14.1. The number of hydrogen-bond acceptors (Lipinski definition) is 4. The van der Waals surface area contributed by atoms with Gasteiger partial charge >= 0.3 is 5.97 Å². The number of benzene rings is 1. The summed E-state index contributed by atoms with van der Waals surface area (Å²) in [6.45, 7) is 2.06. The van der Waals surface area contributed by atoms with E-state index in [1.807, 2.05) is 30.3 Å². The lowest BCUT2D eigenvalue weighted by Gasteiger charge is -1.99. The highest BCUT2D eigenvalue weighted by Gasteiger charge is 2.15. The fraction of sp³-hybridized carbons (Fsp3) is 0.167. The van der Waals surface area contributed by atoms with Crippen molar-refractivity contribution in [2.75, 3.05) is 12.3 Å². The van der Waals surface area contributed by atoms with Crippen molar-refractivity contribution in [2.24, 2.45) is 0 Å². The maximum Gasteiger partial charge on any atom is 0.343 e. The number of anilines is 1. The zero-order valence-corrected chi connectivity index (χ0v) is 10.7. The van der Waals surface area contributed by atoms with Crippen LogP contribution in [0.4, 0.5) is 5.82 Å². The molecule has 0 amide bonds. The number of aromatic nitrogens is 2. The van der Waals surface area contributed by atoms with Crippen molar-refractivity contribution in [3.63, 3.8) is 0 Å². The summed E-state index contributed by atoms with van der Waals surface area (Å²) in [5.41, 5.74) is 6.81. The molecule has 0 bridgehead atoms. The predicted molar refractivity (Wildman–Crippen MR) is 71.2 cm³/mol. The van der Waals surface area contributed by atoms with Gasteiger partial charge in [0.25, 0.3) is 0 Å². The SMILES string of the molecule is CCOC(=O)c1cn(-c2ccccc2)nc1N.Cl. The number of rotatable bonds is 3. The monoisotopic (exact) mass is 267 g/mol. The van der Waals surface area contributed by atoms with Gasteiger partial charge in [0.2, 0.25) is 0 Å². The lowest BCUT2D eigenvalue weighted by Crippen LogP contribution is -2.05. The van der Waals surface area contributed by atoms with Crippen LogP contribution in [-0.4, -0.2) is 22.4 Å². The van der Waals surface area contributed by atoms with Crippen LogP contribution in [0.1, 0.15) is 17.3 Å². The fourth-order valence-corrected chi connectivity index (χ4v) is 1.47. The molecular weight excluding hydrogens is 254 g/mol. The molecule has 5 nitrogen and oxygen atoms in total. The highest BCUT2D eigenvalue weighted by Crippen LogP contribution is 2.14. The van der Waals surface area contributed by atoms with Crippen LogP contribution in [0.25, 0.3) is 5.69 Å². The molecule has 2 N–H and O–H groups in total. The zero-order chi connectivity index (χ0) is 12.3. The van der Waals surface area contributed by atoms with Crippen LogP contribution in [0.15, 0.2) is 36.5 Å². The summed E-state index contributed by atoms with van der Waals surface area (Å²) in [5, 5.41) is 4.08. The number of esters is 1. The maximum atomic E-state index is 11.6. The average molecular weight is 268 g/mol. The summed E-state index contributed by atoms with van der Waals surface area (Å²) >= 11 is 0. The van der Waals surface area contributed by atoms with Gasteiger partial charge in [-0.3, -0.25) is 0 Å². The van der Waals surface area contributed by atoms with Crippen molar-refractivity contribution < 1.29 is 9.53 Å². The summed E-state index contributed by atoms with van der Waals surface area (Å²) in [6, 6.07) is 9.43. The van der Waals surface area contributed by atoms with E-state index in [2.05, 4.69) is 5.10 Å².